The smallest absolute Gasteiger partial charge is 0.325 e. The van der Waals surface area contributed by atoms with Crippen LogP contribution in [0.1, 0.15) is 21.5 Å². The number of fused-ring (bicyclic) bond motifs is 1. The average molecular weight is 461 g/mol. The number of benzene rings is 2. The largest absolute Gasteiger partial charge is 0.416 e. The molecule has 3 rings (SSSR count). The number of nitrogens with one attached hydrogen (secondary N) is 1. The molecule has 1 N–H and O–H groups in total. The van der Waals surface area contributed by atoms with Crippen LogP contribution in [0.2, 0.25) is 0 Å². The number of halogens is 4. The first-order chi connectivity index (χ1) is 13.9. The number of anilines is 2. The van der Waals surface area contributed by atoms with Crippen LogP contribution < -0.4 is 10.2 Å². The highest BCUT2D eigenvalue weighted by molar-refractivity contribution is 7.90. The predicted octanol–water partition coefficient (Wildman–Crippen LogP) is 3.49. The van der Waals surface area contributed by atoms with Gasteiger partial charge in [0.15, 0.2) is 9.84 Å². The van der Waals surface area contributed by atoms with Gasteiger partial charge in [-0.05, 0) is 36.2 Å². The molecular weight excluding hydrogens is 445 g/mol. The molecule has 160 valence electrons. The molecule has 0 aliphatic carbocycles. The zero-order chi connectivity index (χ0) is 22.3. The Morgan fingerprint density at radius 1 is 1.20 bits per heavy atom. The summed E-state index contributed by atoms with van der Waals surface area (Å²) in [6.45, 7) is 0.111. The van der Waals surface area contributed by atoms with E-state index in [1.54, 1.807) is 12.1 Å². The third-order valence-corrected chi connectivity index (χ3v) is 5.89. The minimum absolute atomic E-state index is 0.0755. The molecule has 0 aromatic heterocycles. The summed E-state index contributed by atoms with van der Waals surface area (Å²) in [6.07, 6.45) is -3.41. The van der Waals surface area contributed by atoms with Gasteiger partial charge in [0.1, 0.15) is 5.88 Å². The molecule has 1 heterocycles. The third kappa shape index (κ3) is 4.44. The standard InChI is InChI=1S/C19H16ClF3N2O4S/c1-30(28,29)15-4-2-3-11-5-6-25(17(11)15)18(27)12-7-13(19(21,22)23)9-14(8-12)24-16(26)10-20/h2-4,7-9H,5-6,10H2,1H3,(H,24,26). The van der Waals surface area contributed by atoms with E-state index in [1.165, 1.54) is 6.07 Å². The molecule has 30 heavy (non-hydrogen) atoms. The monoisotopic (exact) mass is 460 g/mol. The van der Waals surface area contributed by atoms with Gasteiger partial charge in [-0.3, -0.25) is 9.59 Å². The van der Waals surface area contributed by atoms with Crippen LogP contribution >= 0.6 is 11.6 Å². The molecule has 2 aromatic rings. The van der Waals surface area contributed by atoms with E-state index in [9.17, 15) is 31.2 Å². The van der Waals surface area contributed by atoms with E-state index in [-0.39, 0.29) is 28.4 Å². The van der Waals surface area contributed by atoms with Crippen LogP contribution in [0.5, 0.6) is 0 Å². The van der Waals surface area contributed by atoms with E-state index in [4.69, 9.17) is 11.6 Å². The number of sulfone groups is 1. The Labute approximate surface area is 175 Å². The van der Waals surface area contributed by atoms with Crippen molar-refractivity contribution in [3.05, 3.63) is 53.1 Å². The van der Waals surface area contributed by atoms with E-state index < -0.39 is 39.3 Å². The van der Waals surface area contributed by atoms with Crippen LogP contribution in [0.15, 0.2) is 41.3 Å². The summed E-state index contributed by atoms with van der Waals surface area (Å²) >= 11 is 5.39. The first kappa shape index (κ1) is 22.1. The van der Waals surface area contributed by atoms with Crippen molar-refractivity contribution in [1.82, 2.24) is 0 Å². The topological polar surface area (TPSA) is 83.6 Å². The molecular formula is C19H16ClF3N2O4S. The molecule has 0 fully saturated rings. The molecule has 1 aliphatic rings. The molecule has 2 amide bonds. The highest BCUT2D eigenvalue weighted by Crippen LogP contribution is 2.37. The molecule has 0 unspecified atom stereocenters. The number of nitrogens with zero attached hydrogens (tertiary/aromatic N) is 1. The third-order valence-electron chi connectivity index (χ3n) is 4.51. The van der Waals surface area contributed by atoms with Gasteiger partial charge in [0, 0.05) is 24.1 Å². The summed E-state index contributed by atoms with van der Waals surface area (Å²) < 4.78 is 64.3. The summed E-state index contributed by atoms with van der Waals surface area (Å²) in [4.78, 5) is 25.7. The summed E-state index contributed by atoms with van der Waals surface area (Å²) in [7, 11) is -3.68. The number of alkyl halides is 4. The van der Waals surface area contributed by atoms with E-state index in [1.807, 2.05) is 0 Å². The quantitative estimate of drug-likeness (QED) is 0.708. The number of carbonyl (C=O) groups excluding carboxylic acids is 2. The second-order valence-electron chi connectivity index (χ2n) is 6.72. The maximum absolute atomic E-state index is 13.3. The van der Waals surface area contributed by atoms with Crippen molar-refractivity contribution in [1.29, 1.82) is 0 Å². The van der Waals surface area contributed by atoms with Gasteiger partial charge in [-0.1, -0.05) is 12.1 Å². The van der Waals surface area contributed by atoms with Gasteiger partial charge < -0.3 is 10.2 Å². The lowest BCUT2D eigenvalue weighted by Crippen LogP contribution is -2.30. The van der Waals surface area contributed by atoms with E-state index in [0.29, 0.717) is 24.1 Å². The van der Waals surface area contributed by atoms with E-state index >= 15 is 0 Å². The molecule has 0 radical (unpaired) electrons. The number of para-hydroxylation sites is 1. The predicted molar refractivity (Wildman–Crippen MR) is 106 cm³/mol. The van der Waals surface area contributed by atoms with Gasteiger partial charge in [0.25, 0.3) is 5.91 Å². The van der Waals surface area contributed by atoms with Crippen molar-refractivity contribution >= 4 is 44.6 Å². The lowest BCUT2D eigenvalue weighted by Gasteiger charge is -2.21. The minimum Gasteiger partial charge on any atom is -0.325 e. The Kier molecular flexibility index (Phi) is 5.83. The second kappa shape index (κ2) is 7.92. The molecule has 1 aliphatic heterocycles. The van der Waals surface area contributed by atoms with Crippen LogP contribution in [0.25, 0.3) is 0 Å². The first-order valence-corrected chi connectivity index (χ1v) is 11.1. The summed E-state index contributed by atoms with van der Waals surface area (Å²) in [5.74, 6) is -2.02. The zero-order valence-electron chi connectivity index (χ0n) is 15.6. The lowest BCUT2D eigenvalue weighted by molar-refractivity contribution is -0.137. The fraction of sp³-hybridized carbons (Fsp3) is 0.263. The van der Waals surface area contributed by atoms with Crippen molar-refractivity contribution in [3.63, 3.8) is 0 Å². The number of rotatable bonds is 4. The SMILES string of the molecule is CS(=O)(=O)c1cccc2c1N(C(=O)c1cc(NC(=O)CCl)cc(C(F)(F)F)c1)CC2. The summed E-state index contributed by atoms with van der Waals surface area (Å²) in [5, 5.41) is 2.21. The van der Waals surface area contributed by atoms with Crippen molar-refractivity contribution in [2.45, 2.75) is 17.5 Å². The van der Waals surface area contributed by atoms with Crippen molar-refractivity contribution in [2.75, 3.05) is 28.9 Å². The zero-order valence-corrected chi connectivity index (χ0v) is 17.2. The maximum Gasteiger partial charge on any atom is 0.416 e. The number of amides is 2. The Morgan fingerprint density at radius 2 is 1.90 bits per heavy atom. The number of carbonyl (C=O) groups is 2. The van der Waals surface area contributed by atoms with Gasteiger partial charge in [-0.25, -0.2) is 8.42 Å². The minimum atomic E-state index is -4.77. The van der Waals surface area contributed by atoms with E-state index in [2.05, 4.69) is 5.32 Å². The Balaban J connectivity index is 2.09. The fourth-order valence-electron chi connectivity index (χ4n) is 3.26. The van der Waals surface area contributed by atoms with Crippen LogP contribution in [-0.4, -0.2) is 38.9 Å². The molecule has 0 saturated heterocycles. The molecule has 11 heteroatoms. The van der Waals surface area contributed by atoms with Crippen molar-refractivity contribution < 1.29 is 31.2 Å². The Bertz CT molecular complexity index is 1130. The molecule has 2 aromatic carbocycles. The lowest BCUT2D eigenvalue weighted by atomic mass is 10.1. The second-order valence-corrected chi connectivity index (χ2v) is 8.97. The van der Waals surface area contributed by atoms with Crippen LogP contribution in [0.3, 0.4) is 0 Å². The fourth-order valence-corrected chi connectivity index (χ4v) is 4.24. The number of hydrogen-bond acceptors (Lipinski definition) is 4. The summed E-state index contributed by atoms with van der Waals surface area (Å²) in [6, 6.07) is 7.02. The Morgan fingerprint density at radius 3 is 2.50 bits per heavy atom. The molecule has 0 bridgehead atoms. The van der Waals surface area contributed by atoms with Gasteiger partial charge in [-0.15, -0.1) is 11.6 Å². The highest BCUT2D eigenvalue weighted by atomic mass is 35.5. The molecule has 0 spiro atoms. The average Bonchev–Trinajstić information content (AvgIpc) is 3.09. The van der Waals surface area contributed by atoms with Gasteiger partial charge in [-0.2, -0.15) is 13.2 Å². The van der Waals surface area contributed by atoms with Gasteiger partial charge >= 0.3 is 6.18 Å². The number of hydrogen-bond donors (Lipinski definition) is 1. The highest BCUT2D eigenvalue weighted by Gasteiger charge is 2.35. The molecule has 0 atom stereocenters. The van der Waals surface area contributed by atoms with Crippen LogP contribution in [0.4, 0.5) is 24.5 Å². The molecule has 0 saturated carbocycles. The Hall–Kier alpha value is -2.59. The summed E-state index contributed by atoms with van der Waals surface area (Å²) in [5.41, 5.74) is -0.947. The normalized spacial score (nSPS) is 13.8. The van der Waals surface area contributed by atoms with Crippen molar-refractivity contribution in [2.24, 2.45) is 0 Å². The van der Waals surface area contributed by atoms with Gasteiger partial charge in [0.05, 0.1) is 16.1 Å². The van der Waals surface area contributed by atoms with Gasteiger partial charge in [0.2, 0.25) is 5.91 Å². The van der Waals surface area contributed by atoms with Crippen LogP contribution in [0, 0.1) is 0 Å². The molecule has 6 nitrogen and oxygen atoms in total. The first-order valence-electron chi connectivity index (χ1n) is 8.63. The maximum atomic E-state index is 13.3. The van der Waals surface area contributed by atoms with E-state index in [0.717, 1.165) is 17.2 Å². The van der Waals surface area contributed by atoms with Crippen LogP contribution in [-0.2, 0) is 27.2 Å². The van der Waals surface area contributed by atoms with Crippen molar-refractivity contribution in [3.8, 4) is 0 Å².